The molecule has 0 spiro atoms. The van der Waals surface area contributed by atoms with Crippen LogP contribution in [-0.4, -0.2) is 18.8 Å². The molecule has 0 aromatic heterocycles. The van der Waals surface area contributed by atoms with Gasteiger partial charge in [-0.25, -0.2) is 0 Å². The third kappa shape index (κ3) is 4.52. The van der Waals surface area contributed by atoms with Gasteiger partial charge in [0.05, 0.1) is 28.9 Å². The second-order valence-corrected chi connectivity index (χ2v) is 6.13. The van der Waals surface area contributed by atoms with E-state index in [1.54, 1.807) is 19.2 Å². The first-order valence-electron chi connectivity index (χ1n) is 7.22. The molecule has 4 N–H and O–H groups in total. The molecule has 0 aliphatic heterocycles. The summed E-state index contributed by atoms with van der Waals surface area (Å²) in [5.41, 5.74) is 7.76. The molecule has 2 unspecified atom stereocenters. The van der Waals surface area contributed by atoms with Crippen molar-refractivity contribution in [1.82, 2.24) is 5.32 Å². The van der Waals surface area contributed by atoms with Crippen LogP contribution in [0, 0.1) is 0 Å². The first-order chi connectivity index (χ1) is 10.9. The number of benzene rings is 2. The van der Waals surface area contributed by atoms with Crippen LogP contribution in [0.3, 0.4) is 0 Å². The molecule has 124 valence electrons. The van der Waals surface area contributed by atoms with E-state index in [1.807, 2.05) is 31.2 Å². The molecule has 2 atom stereocenters. The second-order valence-electron chi connectivity index (χ2n) is 5.32. The summed E-state index contributed by atoms with van der Waals surface area (Å²) in [6.45, 7) is 2.39. The van der Waals surface area contributed by atoms with Crippen molar-refractivity contribution in [3.05, 3.63) is 57.6 Å². The number of hydrogen-bond acceptors (Lipinski definition) is 4. The Morgan fingerprint density at radius 1 is 1.13 bits per heavy atom. The number of nitrogens with one attached hydrogen (secondary N) is 1. The topological polar surface area (TPSA) is 67.5 Å². The molecule has 0 bridgehead atoms. The molecule has 4 nitrogen and oxygen atoms in total. The zero-order valence-electron chi connectivity index (χ0n) is 13.0. The fourth-order valence-corrected chi connectivity index (χ4v) is 2.72. The molecule has 2 aromatic rings. The van der Waals surface area contributed by atoms with E-state index in [0.29, 0.717) is 27.8 Å². The molecule has 0 saturated carbocycles. The van der Waals surface area contributed by atoms with Gasteiger partial charge in [-0.2, -0.15) is 0 Å². The lowest BCUT2D eigenvalue weighted by atomic mass is 10.1. The predicted octanol–water partition coefficient (Wildman–Crippen LogP) is 3.97. The van der Waals surface area contributed by atoms with E-state index in [-0.39, 0.29) is 6.04 Å². The van der Waals surface area contributed by atoms with Gasteiger partial charge in [0.25, 0.3) is 0 Å². The van der Waals surface area contributed by atoms with Crippen molar-refractivity contribution < 1.29 is 9.84 Å². The highest BCUT2D eigenvalue weighted by Gasteiger charge is 2.14. The van der Waals surface area contributed by atoms with Crippen molar-refractivity contribution in [3.63, 3.8) is 0 Å². The highest BCUT2D eigenvalue weighted by atomic mass is 35.5. The van der Waals surface area contributed by atoms with Gasteiger partial charge >= 0.3 is 0 Å². The summed E-state index contributed by atoms with van der Waals surface area (Å²) >= 11 is 12.0. The van der Waals surface area contributed by atoms with E-state index in [9.17, 15) is 5.11 Å². The van der Waals surface area contributed by atoms with Crippen LogP contribution in [0.1, 0.15) is 30.2 Å². The molecule has 23 heavy (non-hydrogen) atoms. The number of anilines is 1. The normalized spacial score (nSPS) is 13.6. The maximum Gasteiger partial charge on any atom is 0.118 e. The average Bonchev–Trinajstić information content (AvgIpc) is 2.56. The zero-order chi connectivity index (χ0) is 17.0. The zero-order valence-corrected chi connectivity index (χ0v) is 14.5. The maximum atomic E-state index is 10.3. The fourth-order valence-electron chi connectivity index (χ4n) is 2.21. The van der Waals surface area contributed by atoms with Crippen LogP contribution in [-0.2, 0) is 0 Å². The van der Waals surface area contributed by atoms with Crippen molar-refractivity contribution >= 4 is 28.9 Å². The van der Waals surface area contributed by atoms with E-state index in [2.05, 4.69) is 5.32 Å². The minimum Gasteiger partial charge on any atom is -0.497 e. The van der Waals surface area contributed by atoms with Crippen LogP contribution in [0.15, 0.2) is 36.4 Å². The van der Waals surface area contributed by atoms with E-state index in [1.165, 1.54) is 0 Å². The number of nitrogens with two attached hydrogens (primary N) is 1. The number of rotatable bonds is 6. The van der Waals surface area contributed by atoms with Gasteiger partial charge in [0.15, 0.2) is 0 Å². The van der Waals surface area contributed by atoms with Crippen molar-refractivity contribution in [1.29, 1.82) is 0 Å². The Kier molecular flexibility index (Phi) is 6.13. The average molecular weight is 355 g/mol. The van der Waals surface area contributed by atoms with Crippen molar-refractivity contribution in [3.8, 4) is 5.75 Å². The number of aliphatic hydroxyl groups excluding tert-OH is 1. The fraction of sp³-hybridized carbons (Fsp3) is 0.294. The molecule has 2 aromatic carbocycles. The van der Waals surface area contributed by atoms with Gasteiger partial charge in [0.2, 0.25) is 0 Å². The maximum absolute atomic E-state index is 10.3. The van der Waals surface area contributed by atoms with Gasteiger partial charge in [-0.3, -0.25) is 0 Å². The Morgan fingerprint density at radius 2 is 1.70 bits per heavy atom. The SMILES string of the molecule is COc1ccc(C(C)NCC(O)c2cc(Cl)c(N)c(Cl)c2)cc1. The molecule has 0 radical (unpaired) electrons. The van der Waals surface area contributed by atoms with Gasteiger partial charge in [0, 0.05) is 12.6 Å². The van der Waals surface area contributed by atoms with Crippen LogP contribution in [0.5, 0.6) is 5.75 Å². The molecule has 0 heterocycles. The third-order valence-electron chi connectivity index (χ3n) is 3.72. The summed E-state index contributed by atoms with van der Waals surface area (Å²) < 4.78 is 5.14. The Balaban J connectivity index is 1.99. The standard InChI is InChI=1S/C17H20Cl2N2O2/c1-10(11-3-5-13(23-2)6-4-11)21-9-16(22)12-7-14(18)17(20)15(19)8-12/h3-8,10,16,21-22H,9,20H2,1-2H3. The Morgan fingerprint density at radius 3 is 2.22 bits per heavy atom. The van der Waals surface area contributed by atoms with Gasteiger partial charge < -0.3 is 20.9 Å². The number of aliphatic hydroxyl groups is 1. The minimum absolute atomic E-state index is 0.0790. The lowest BCUT2D eigenvalue weighted by Gasteiger charge is -2.19. The smallest absolute Gasteiger partial charge is 0.118 e. The predicted molar refractivity (Wildman–Crippen MR) is 95.2 cm³/mol. The van der Waals surface area contributed by atoms with E-state index in [0.717, 1.165) is 11.3 Å². The molecule has 0 fully saturated rings. The van der Waals surface area contributed by atoms with Crippen LogP contribution in [0.2, 0.25) is 10.0 Å². The largest absolute Gasteiger partial charge is 0.497 e. The monoisotopic (exact) mass is 354 g/mol. The molecule has 0 aliphatic carbocycles. The number of halogens is 2. The summed E-state index contributed by atoms with van der Waals surface area (Å²) in [6.07, 6.45) is -0.730. The summed E-state index contributed by atoms with van der Waals surface area (Å²) in [5, 5.41) is 14.3. The first kappa shape index (κ1) is 17.9. The molecular weight excluding hydrogens is 335 g/mol. The van der Waals surface area contributed by atoms with E-state index < -0.39 is 6.10 Å². The number of methoxy groups -OCH3 is 1. The van der Waals surface area contributed by atoms with Crippen molar-refractivity contribution in [2.45, 2.75) is 19.1 Å². The number of hydrogen-bond donors (Lipinski definition) is 3. The van der Waals surface area contributed by atoms with E-state index >= 15 is 0 Å². The highest BCUT2D eigenvalue weighted by Crippen LogP contribution is 2.31. The summed E-state index contributed by atoms with van der Waals surface area (Å²) in [4.78, 5) is 0. The van der Waals surface area contributed by atoms with Crippen LogP contribution in [0.4, 0.5) is 5.69 Å². The highest BCUT2D eigenvalue weighted by molar-refractivity contribution is 6.38. The Hall–Kier alpha value is -1.46. The summed E-state index contributed by atoms with van der Waals surface area (Å²) in [7, 11) is 1.63. The molecule has 0 saturated heterocycles. The minimum atomic E-state index is -0.730. The van der Waals surface area contributed by atoms with Gasteiger partial charge in [-0.15, -0.1) is 0 Å². The second kappa shape index (κ2) is 7.88. The third-order valence-corrected chi connectivity index (χ3v) is 4.34. The molecular formula is C17H20Cl2N2O2. The number of ether oxygens (including phenoxy) is 1. The quantitative estimate of drug-likeness (QED) is 0.686. The number of nitrogen functional groups attached to an aromatic ring is 1. The van der Waals surface area contributed by atoms with Gasteiger partial charge in [-0.1, -0.05) is 35.3 Å². The lowest BCUT2D eigenvalue weighted by Crippen LogP contribution is -2.24. The van der Waals surface area contributed by atoms with Crippen molar-refractivity contribution in [2.24, 2.45) is 0 Å². The van der Waals surface area contributed by atoms with E-state index in [4.69, 9.17) is 33.7 Å². The molecule has 2 rings (SSSR count). The Labute approximate surface area is 146 Å². The van der Waals surface area contributed by atoms with Crippen molar-refractivity contribution in [2.75, 3.05) is 19.4 Å². The summed E-state index contributed by atoms with van der Waals surface area (Å²) in [6, 6.07) is 11.1. The van der Waals surface area contributed by atoms with Crippen LogP contribution < -0.4 is 15.8 Å². The molecule has 0 aliphatic rings. The van der Waals surface area contributed by atoms with Crippen LogP contribution in [0.25, 0.3) is 0 Å². The lowest BCUT2D eigenvalue weighted by molar-refractivity contribution is 0.171. The first-order valence-corrected chi connectivity index (χ1v) is 7.97. The van der Waals surface area contributed by atoms with Crippen LogP contribution >= 0.6 is 23.2 Å². The van der Waals surface area contributed by atoms with Gasteiger partial charge in [-0.05, 0) is 42.3 Å². The summed E-state index contributed by atoms with van der Waals surface area (Å²) in [5.74, 6) is 0.812. The Bertz CT molecular complexity index is 639. The van der Waals surface area contributed by atoms with Gasteiger partial charge in [0.1, 0.15) is 5.75 Å². The molecule has 0 amide bonds. The molecule has 6 heteroatoms.